The number of carbonyl (C=O) groups excluding carboxylic acids is 1. The van der Waals surface area contributed by atoms with Crippen molar-refractivity contribution < 1.29 is 13.2 Å². The van der Waals surface area contributed by atoms with Gasteiger partial charge in [0.1, 0.15) is 0 Å². The van der Waals surface area contributed by atoms with Crippen LogP contribution in [-0.4, -0.2) is 14.4 Å². The molecule has 7 heteroatoms. The molecule has 1 aromatic carbocycles. The lowest BCUT2D eigenvalue weighted by atomic mass is 9.90. The summed E-state index contributed by atoms with van der Waals surface area (Å²) in [7, 11) is -3.95. The summed E-state index contributed by atoms with van der Waals surface area (Å²) in [6, 6.07) is 6.24. The van der Waals surface area contributed by atoms with E-state index in [4.69, 9.17) is 5.73 Å². The molecule has 0 radical (unpaired) electrons. The van der Waals surface area contributed by atoms with Crippen molar-refractivity contribution in [2.45, 2.75) is 31.1 Å². The third-order valence-electron chi connectivity index (χ3n) is 3.49. The Balaban J connectivity index is 2.49. The van der Waals surface area contributed by atoms with Gasteiger partial charge in [0.2, 0.25) is 0 Å². The molecule has 1 atom stereocenters. The maximum atomic E-state index is 12.2. The molecule has 1 heterocycles. The molecular weight excluding hydrogens is 320 g/mol. The maximum Gasteiger partial charge on any atom is 0.326 e. The molecule has 0 aliphatic carbocycles. The van der Waals surface area contributed by atoms with Crippen LogP contribution in [0.4, 0.5) is 4.79 Å². The lowest BCUT2D eigenvalue weighted by Gasteiger charge is -2.17. The van der Waals surface area contributed by atoms with Gasteiger partial charge in [-0.05, 0) is 52.9 Å². The molecule has 5 nitrogen and oxygen atoms in total. The first-order chi connectivity index (χ1) is 10.3. The number of rotatable bonds is 5. The van der Waals surface area contributed by atoms with E-state index in [1.807, 2.05) is 22.2 Å². The van der Waals surface area contributed by atoms with Crippen LogP contribution in [-0.2, 0) is 10.0 Å². The summed E-state index contributed by atoms with van der Waals surface area (Å²) in [6.07, 6.45) is 0.850. The minimum absolute atomic E-state index is 0.0810. The van der Waals surface area contributed by atoms with Gasteiger partial charge in [0.05, 0.1) is 4.90 Å². The summed E-state index contributed by atoms with van der Waals surface area (Å²) in [4.78, 5) is 11.0. The van der Waals surface area contributed by atoms with Crippen LogP contribution in [0.2, 0.25) is 0 Å². The van der Waals surface area contributed by atoms with Crippen molar-refractivity contribution in [3.63, 3.8) is 0 Å². The predicted octanol–water partition coefficient (Wildman–Crippen LogP) is 2.96. The number of amides is 2. The van der Waals surface area contributed by atoms with Crippen LogP contribution in [0, 0.1) is 6.92 Å². The fourth-order valence-electron chi connectivity index (χ4n) is 2.45. The van der Waals surface area contributed by atoms with E-state index >= 15 is 0 Å². The largest absolute Gasteiger partial charge is 0.351 e. The van der Waals surface area contributed by atoms with Gasteiger partial charge in [-0.1, -0.05) is 19.1 Å². The first-order valence-corrected chi connectivity index (χ1v) is 9.22. The zero-order valence-corrected chi connectivity index (χ0v) is 14.0. The molecule has 0 spiro atoms. The fourth-order valence-corrected chi connectivity index (χ4v) is 4.32. The number of benzene rings is 1. The molecule has 22 heavy (non-hydrogen) atoms. The molecule has 0 saturated heterocycles. The molecule has 2 rings (SSSR count). The highest BCUT2D eigenvalue weighted by molar-refractivity contribution is 7.90. The van der Waals surface area contributed by atoms with E-state index in [1.165, 1.54) is 0 Å². The number of aryl methyl sites for hydroxylation is 1. The number of sulfonamides is 1. The zero-order valence-electron chi connectivity index (χ0n) is 12.4. The highest BCUT2D eigenvalue weighted by Crippen LogP contribution is 2.31. The van der Waals surface area contributed by atoms with E-state index in [0.29, 0.717) is 5.56 Å². The van der Waals surface area contributed by atoms with Crippen molar-refractivity contribution in [1.82, 2.24) is 4.72 Å². The lowest BCUT2D eigenvalue weighted by molar-refractivity contribution is 0.253. The van der Waals surface area contributed by atoms with Crippen molar-refractivity contribution in [3.05, 3.63) is 51.7 Å². The molecular formula is C15H18N2O3S2. The Labute approximate surface area is 134 Å². The topological polar surface area (TPSA) is 89.3 Å². The minimum atomic E-state index is -3.95. The summed E-state index contributed by atoms with van der Waals surface area (Å²) in [5.41, 5.74) is 7.56. The number of urea groups is 1. The Hall–Kier alpha value is -1.86. The molecule has 0 aliphatic rings. The molecule has 1 aromatic heterocycles. The van der Waals surface area contributed by atoms with Crippen LogP contribution in [0.15, 0.2) is 39.9 Å². The first kappa shape index (κ1) is 16.5. The highest BCUT2D eigenvalue weighted by atomic mass is 32.2. The molecule has 118 valence electrons. The summed E-state index contributed by atoms with van der Waals surface area (Å²) >= 11 is 1.61. The summed E-state index contributed by atoms with van der Waals surface area (Å²) in [5, 5.41) is 4.06. The van der Waals surface area contributed by atoms with Gasteiger partial charge in [0.25, 0.3) is 10.0 Å². The molecule has 2 amide bonds. The number of carbonyl (C=O) groups is 1. The molecule has 1 unspecified atom stereocenters. The fraction of sp³-hybridized carbons (Fsp3) is 0.267. The van der Waals surface area contributed by atoms with Gasteiger partial charge in [-0.3, -0.25) is 0 Å². The average molecular weight is 338 g/mol. The summed E-state index contributed by atoms with van der Waals surface area (Å²) in [5.74, 6) is 0.120. The van der Waals surface area contributed by atoms with Crippen molar-refractivity contribution >= 4 is 27.4 Å². The molecule has 0 bridgehead atoms. The number of primary amides is 1. The lowest BCUT2D eigenvalue weighted by Crippen LogP contribution is -2.35. The number of nitrogens with two attached hydrogens (primary N) is 1. The van der Waals surface area contributed by atoms with Crippen molar-refractivity contribution in [2.75, 3.05) is 0 Å². The van der Waals surface area contributed by atoms with Gasteiger partial charge in [0, 0.05) is 5.92 Å². The van der Waals surface area contributed by atoms with Gasteiger partial charge in [-0.25, -0.2) is 17.9 Å². The Morgan fingerprint density at radius 2 is 2.05 bits per heavy atom. The van der Waals surface area contributed by atoms with E-state index in [-0.39, 0.29) is 10.8 Å². The SMILES string of the molecule is CCC(c1ccsc1)c1ccc(C)c(S(=O)(=O)NC(N)=O)c1. The molecule has 2 aromatic rings. The summed E-state index contributed by atoms with van der Waals surface area (Å²) in [6.45, 7) is 3.74. The van der Waals surface area contributed by atoms with Crippen LogP contribution >= 0.6 is 11.3 Å². The first-order valence-electron chi connectivity index (χ1n) is 6.80. The van der Waals surface area contributed by atoms with E-state index in [1.54, 1.807) is 30.4 Å². The highest BCUT2D eigenvalue weighted by Gasteiger charge is 2.21. The van der Waals surface area contributed by atoms with Gasteiger partial charge in [-0.2, -0.15) is 11.3 Å². The van der Waals surface area contributed by atoms with E-state index in [0.717, 1.165) is 17.5 Å². The van der Waals surface area contributed by atoms with Crippen molar-refractivity contribution in [1.29, 1.82) is 0 Å². The van der Waals surface area contributed by atoms with Gasteiger partial charge >= 0.3 is 6.03 Å². The second kappa shape index (κ2) is 6.50. The van der Waals surface area contributed by atoms with E-state index in [9.17, 15) is 13.2 Å². The number of hydrogen-bond donors (Lipinski definition) is 2. The Morgan fingerprint density at radius 1 is 1.32 bits per heavy atom. The van der Waals surface area contributed by atoms with Gasteiger partial charge in [0.15, 0.2) is 0 Å². The number of hydrogen-bond acceptors (Lipinski definition) is 4. The Kier molecular flexibility index (Phi) is 4.87. The Bertz CT molecular complexity index is 768. The van der Waals surface area contributed by atoms with E-state index in [2.05, 4.69) is 12.3 Å². The normalized spacial score (nSPS) is 12.8. The van der Waals surface area contributed by atoms with Crippen LogP contribution in [0.1, 0.15) is 36.0 Å². The van der Waals surface area contributed by atoms with Crippen molar-refractivity contribution in [2.24, 2.45) is 5.73 Å². The predicted molar refractivity (Wildman–Crippen MR) is 87.5 cm³/mol. The van der Waals surface area contributed by atoms with Gasteiger partial charge < -0.3 is 5.73 Å². The summed E-state index contributed by atoms with van der Waals surface area (Å²) < 4.78 is 26.2. The number of thiophene rings is 1. The standard InChI is InChI=1S/C15H18N2O3S2/c1-3-13(12-6-7-21-9-12)11-5-4-10(2)14(8-11)22(19,20)17-15(16)18/h4-9,13H,3H2,1-2H3,(H3,16,17,18). The molecule has 0 aliphatic heterocycles. The second-order valence-electron chi connectivity index (χ2n) is 5.01. The second-order valence-corrected chi connectivity index (χ2v) is 7.44. The average Bonchev–Trinajstić information content (AvgIpc) is 2.93. The zero-order chi connectivity index (χ0) is 16.3. The third-order valence-corrected chi connectivity index (χ3v) is 5.68. The third kappa shape index (κ3) is 3.48. The smallest absolute Gasteiger partial charge is 0.326 e. The number of nitrogens with one attached hydrogen (secondary N) is 1. The van der Waals surface area contributed by atoms with Crippen LogP contribution in [0.5, 0.6) is 0 Å². The van der Waals surface area contributed by atoms with E-state index < -0.39 is 16.1 Å². The van der Waals surface area contributed by atoms with Crippen molar-refractivity contribution in [3.8, 4) is 0 Å². The van der Waals surface area contributed by atoms with Crippen LogP contribution < -0.4 is 10.5 Å². The quantitative estimate of drug-likeness (QED) is 0.878. The molecule has 0 fully saturated rings. The monoisotopic (exact) mass is 338 g/mol. The molecule has 0 saturated carbocycles. The van der Waals surface area contributed by atoms with Crippen LogP contribution in [0.25, 0.3) is 0 Å². The van der Waals surface area contributed by atoms with Crippen LogP contribution in [0.3, 0.4) is 0 Å². The Morgan fingerprint density at radius 3 is 2.59 bits per heavy atom. The molecule has 3 N–H and O–H groups in total. The minimum Gasteiger partial charge on any atom is -0.351 e. The maximum absolute atomic E-state index is 12.2. The van der Waals surface area contributed by atoms with Gasteiger partial charge in [-0.15, -0.1) is 0 Å².